The minimum atomic E-state index is -1.00. The molecule has 3 aromatic carbocycles. The lowest BCUT2D eigenvalue weighted by molar-refractivity contribution is 0.0696. The molecule has 0 spiro atoms. The van der Waals surface area contributed by atoms with Crippen molar-refractivity contribution in [3.05, 3.63) is 89.5 Å². The first-order chi connectivity index (χ1) is 13.1. The van der Waals surface area contributed by atoms with Gasteiger partial charge in [0, 0.05) is 5.56 Å². The van der Waals surface area contributed by atoms with Gasteiger partial charge in [0.15, 0.2) is 11.5 Å². The zero-order valence-electron chi connectivity index (χ0n) is 14.8. The van der Waals surface area contributed by atoms with Gasteiger partial charge in [-0.05, 0) is 49.4 Å². The summed E-state index contributed by atoms with van der Waals surface area (Å²) in [5.74, 6) is 6.49. The second-order valence-corrected chi connectivity index (χ2v) is 5.84. The van der Waals surface area contributed by atoms with Crippen LogP contribution in [0.15, 0.2) is 72.8 Å². The van der Waals surface area contributed by atoms with E-state index in [1.807, 2.05) is 43.3 Å². The maximum Gasteiger partial charge on any atom is 0.335 e. The van der Waals surface area contributed by atoms with E-state index >= 15 is 0 Å². The highest BCUT2D eigenvalue weighted by molar-refractivity contribution is 5.88. The Morgan fingerprint density at radius 1 is 0.963 bits per heavy atom. The Bertz CT molecular complexity index is 995. The van der Waals surface area contributed by atoms with Crippen LogP contribution in [0.1, 0.15) is 21.5 Å². The molecule has 0 radical (unpaired) electrons. The molecule has 0 aromatic heterocycles. The Hall–Kier alpha value is -3.71. The summed E-state index contributed by atoms with van der Waals surface area (Å²) >= 11 is 0. The molecule has 134 valence electrons. The van der Waals surface area contributed by atoms with E-state index in [1.54, 1.807) is 24.3 Å². The molecule has 27 heavy (non-hydrogen) atoms. The molecule has 0 unspecified atom stereocenters. The fourth-order valence-electron chi connectivity index (χ4n) is 2.36. The molecule has 4 nitrogen and oxygen atoms in total. The number of para-hydroxylation sites is 2. The summed E-state index contributed by atoms with van der Waals surface area (Å²) in [4.78, 5) is 11.1. The van der Waals surface area contributed by atoms with E-state index in [4.69, 9.17) is 14.6 Å². The van der Waals surface area contributed by atoms with Gasteiger partial charge in [0.2, 0.25) is 0 Å². The minimum absolute atomic E-state index is 0.162. The topological polar surface area (TPSA) is 55.8 Å². The van der Waals surface area contributed by atoms with Gasteiger partial charge in [0.05, 0.1) is 5.56 Å². The Kier molecular flexibility index (Phi) is 5.76. The first-order valence-corrected chi connectivity index (χ1v) is 8.40. The number of benzene rings is 3. The third-order valence-electron chi connectivity index (χ3n) is 3.74. The van der Waals surface area contributed by atoms with Crippen molar-refractivity contribution >= 4 is 5.97 Å². The number of aromatic carboxylic acids is 1. The van der Waals surface area contributed by atoms with E-state index in [0.717, 1.165) is 5.56 Å². The number of rotatable bonds is 5. The van der Waals surface area contributed by atoms with Crippen LogP contribution in [-0.4, -0.2) is 17.7 Å². The lowest BCUT2D eigenvalue weighted by Gasteiger charge is -2.11. The van der Waals surface area contributed by atoms with Crippen LogP contribution >= 0.6 is 0 Å². The van der Waals surface area contributed by atoms with Crippen LogP contribution in [0.25, 0.3) is 0 Å². The number of carboxylic acid groups (broad SMARTS) is 1. The summed E-state index contributed by atoms with van der Waals surface area (Å²) in [6.45, 7) is 2.24. The molecule has 0 saturated carbocycles. The van der Waals surface area contributed by atoms with Gasteiger partial charge in [-0.2, -0.15) is 0 Å². The molecule has 0 aliphatic rings. The zero-order valence-corrected chi connectivity index (χ0v) is 14.8. The van der Waals surface area contributed by atoms with Crippen molar-refractivity contribution in [2.75, 3.05) is 6.61 Å². The number of ether oxygens (including phenoxy) is 2. The lowest BCUT2D eigenvalue weighted by atomic mass is 10.2. The molecule has 1 N–H and O–H groups in total. The second-order valence-electron chi connectivity index (χ2n) is 5.84. The van der Waals surface area contributed by atoms with Crippen LogP contribution < -0.4 is 9.47 Å². The van der Waals surface area contributed by atoms with Crippen molar-refractivity contribution in [1.29, 1.82) is 0 Å². The predicted octanol–water partition coefficient (Wildman–Crippen LogP) is 4.92. The third-order valence-corrected chi connectivity index (χ3v) is 3.74. The maximum absolute atomic E-state index is 11.1. The van der Waals surface area contributed by atoms with Crippen LogP contribution in [0.2, 0.25) is 0 Å². The van der Waals surface area contributed by atoms with E-state index < -0.39 is 5.97 Å². The average Bonchev–Trinajstić information content (AvgIpc) is 2.68. The summed E-state index contributed by atoms with van der Waals surface area (Å²) in [5.41, 5.74) is 2.28. The smallest absolute Gasteiger partial charge is 0.335 e. The molecule has 0 aliphatic heterocycles. The van der Waals surface area contributed by atoms with Crippen LogP contribution in [0.3, 0.4) is 0 Å². The zero-order chi connectivity index (χ0) is 19.1. The number of carboxylic acids is 1. The quantitative estimate of drug-likeness (QED) is 0.658. The monoisotopic (exact) mass is 358 g/mol. The van der Waals surface area contributed by atoms with Crippen LogP contribution in [-0.2, 0) is 0 Å². The minimum Gasteiger partial charge on any atom is -0.478 e. The normalized spacial score (nSPS) is 9.81. The lowest BCUT2D eigenvalue weighted by Crippen LogP contribution is -1.98. The van der Waals surface area contributed by atoms with Gasteiger partial charge < -0.3 is 14.6 Å². The fraction of sp³-hybridized carbons (Fsp3) is 0.0870. The number of carbonyl (C=O) groups is 1. The molecule has 0 bridgehead atoms. The molecule has 0 atom stereocenters. The largest absolute Gasteiger partial charge is 0.478 e. The van der Waals surface area contributed by atoms with E-state index in [2.05, 4.69) is 11.8 Å². The van der Waals surface area contributed by atoms with Gasteiger partial charge in [-0.15, -0.1) is 0 Å². The summed E-state index contributed by atoms with van der Waals surface area (Å²) in [7, 11) is 0. The molecule has 0 amide bonds. The third kappa shape index (κ3) is 5.13. The number of hydrogen-bond donors (Lipinski definition) is 1. The molecular weight excluding hydrogens is 340 g/mol. The predicted molar refractivity (Wildman–Crippen MR) is 103 cm³/mol. The van der Waals surface area contributed by atoms with Gasteiger partial charge in [-0.1, -0.05) is 47.7 Å². The molecular formula is C23H18O4. The molecule has 0 saturated heterocycles. The van der Waals surface area contributed by atoms with Gasteiger partial charge >= 0.3 is 5.97 Å². The summed E-state index contributed by atoms with van der Waals surface area (Å²) in [5, 5.41) is 9.09. The van der Waals surface area contributed by atoms with Crippen LogP contribution in [0.5, 0.6) is 17.2 Å². The molecule has 0 fully saturated rings. The SMILES string of the molecule is Cc1ccc(C#CCOc2ccccc2Oc2cccc(C(=O)O)c2)cc1. The standard InChI is InChI=1S/C23H18O4/c1-17-11-13-18(14-12-17)6-5-15-26-21-9-2-3-10-22(21)27-20-8-4-7-19(16-20)23(24)25/h2-4,7-14,16H,15H2,1H3,(H,24,25). The van der Waals surface area contributed by atoms with Crippen molar-refractivity contribution in [1.82, 2.24) is 0 Å². The van der Waals surface area contributed by atoms with Crippen LogP contribution in [0, 0.1) is 18.8 Å². The molecule has 4 heteroatoms. The molecule has 0 aliphatic carbocycles. The van der Waals surface area contributed by atoms with E-state index in [9.17, 15) is 4.79 Å². The second kappa shape index (κ2) is 8.59. The summed E-state index contributed by atoms with van der Waals surface area (Å²) in [6, 6.07) is 21.5. The Morgan fingerprint density at radius 2 is 1.70 bits per heavy atom. The van der Waals surface area contributed by atoms with Crippen molar-refractivity contribution in [2.24, 2.45) is 0 Å². The van der Waals surface area contributed by atoms with E-state index in [-0.39, 0.29) is 12.2 Å². The van der Waals surface area contributed by atoms with Gasteiger partial charge in [0.25, 0.3) is 0 Å². The highest BCUT2D eigenvalue weighted by atomic mass is 16.5. The van der Waals surface area contributed by atoms with Crippen molar-refractivity contribution in [3.63, 3.8) is 0 Å². The van der Waals surface area contributed by atoms with Gasteiger partial charge in [-0.3, -0.25) is 0 Å². The van der Waals surface area contributed by atoms with Crippen molar-refractivity contribution in [3.8, 4) is 29.1 Å². The Labute approximate surface area is 158 Å². The number of hydrogen-bond acceptors (Lipinski definition) is 3. The molecule has 3 rings (SSSR count). The molecule has 3 aromatic rings. The first-order valence-electron chi connectivity index (χ1n) is 8.40. The highest BCUT2D eigenvalue weighted by Crippen LogP contribution is 2.31. The summed E-state index contributed by atoms with van der Waals surface area (Å²) < 4.78 is 11.5. The van der Waals surface area contributed by atoms with Crippen LogP contribution in [0.4, 0.5) is 0 Å². The Balaban J connectivity index is 1.68. The van der Waals surface area contributed by atoms with E-state index in [0.29, 0.717) is 17.2 Å². The van der Waals surface area contributed by atoms with Crippen molar-refractivity contribution in [2.45, 2.75) is 6.92 Å². The Morgan fingerprint density at radius 3 is 2.44 bits per heavy atom. The summed E-state index contributed by atoms with van der Waals surface area (Å²) in [6.07, 6.45) is 0. The highest BCUT2D eigenvalue weighted by Gasteiger charge is 2.08. The molecule has 0 heterocycles. The average molecular weight is 358 g/mol. The van der Waals surface area contributed by atoms with E-state index in [1.165, 1.54) is 17.7 Å². The van der Waals surface area contributed by atoms with Gasteiger partial charge in [-0.25, -0.2) is 4.79 Å². The van der Waals surface area contributed by atoms with Crippen molar-refractivity contribution < 1.29 is 19.4 Å². The van der Waals surface area contributed by atoms with Gasteiger partial charge in [0.1, 0.15) is 12.4 Å². The fourth-order valence-corrected chi connectivity index (χ4v) is 2.36. The first kappa shape index (κ1) is 18.1. The number of aryl methyl sites for hydroxylation is 1. The maximum atomic E-state index is 11.1.